The fourth-order valence-corrected chi connectivity index (χ4v) is 7.14. The van der Waals surface area contributed by atoms with Crippen LogP contribution in [0.5, 0.6) is 0 Å². The number of carbonyl (C=O) groups is 2. The van der Waals surface area contributed by atoms with Crippen molar-refractivity contribution < 1.29 is 31.9 Å². The zero-order valence-corrected chi connectivity index (χ0v) is 22.9. The van der Waals surface area contributed by atoms with E-state index in [1.54, 1.807) is 12.1 Å². The second-order valence-electron chi connectivity index (χ2n) is 11.5. The van der Waals surface area contributed by atoms with E-state index in [2.05, 4.69) is 19.9 Å². The number of piperidine rings is 1. The number of halogens is 2. The third-order valence-electron chi connectivity index (χ3n) is 8.76. The van der Waals surface area contributed by atoms with Gasteiger partial charge in [0.25, 0.3) is 11.8 Å². The monoisotopic (exact) mass is 575 g/mol. The summed E-state index contributed by atoms with van der Waals surface area (Å²) in [5.41, 5.74) is 0.813. The fraction of sp³-hybridized carbons (Fsp3) is 0.519. The van der Waals surface area contributed by atoms with Crippen molar-refractivity contribution in [3.05, 3.63) is 41.6 Å². The van der Waals surface area contributed by atoms with Crippen LogP contribution in [0.4, 0.5) is 31.7 Å². The molecule has 0 atom stereocenters. The molecule has 0 radical (unpaired) electrons. The van der Waals surface area contributed by atoms with Gasteiger partial charge in [-0.3, -0.25) is 14.3 Å². The molecule has 2 aliphatic heterocycles. The molecule has 3 heterocycles. The Morgan fingerprint density at radius 3 is 2.40 bits per heavy atom. The lowest BCUT2D eigenvalue weighted by Gasteiger charge is -2.42. The molecule has 2 saturated carbocycles. The summed E-state index contributed by atoms with van der Waals surface area (Å²) in [6.45, 7) is 0.912. The van der Waals surface area contributed by atoms with Crippen molar-refractivity contribution in [3.63, 3.8) is 0 Å². The third-order valence-corrected chi connectivity index (χ3v) is 10.0. The lowest BCUT2D eigenvalue weighted by atomic mass is 9.64. The molecular formula is C27H31F2N5O5S. The number of aliphatic hydroxyl groups is 1. The first-order valence-corrected chi connectivity index (χ1v) is 15.0. The van der Waals surface area contributed by atoms with Gasteiger partial charge in [-0.15, -0.1) is 0 Å². The molecular weight excluding hydrogens is 544 g/mol. The second kappa shape index (κ2) is 9.10. The minimum Gasteiger partial charge on any atom is -0.395 e. The summed E-state index contributed by atoms with van der Waals surface area (Å²) < 4.78 is 54.7. The van der Waals surface area contributed by atoms with Crippen LogP contribution in [0.2, 0.25) is 0 Å². The predicted octanol–water partition coefficient (Wildman–Crippen LogP) is 3.09. The van der Waals surface area contributed by atoms with E-state index >= 15 is 0 Å². The molecule has 214 valence electrons. The summed E-state index contributed by atoms with van der Waals surface area (Å²) in [6, 6.07) is 7.76. The topological polar surface area (TPSA) is 132 Å². The summed E-state index contributed by atoms with van der Waals surface area (Å²) in [5.74, 6) is -4.18. The van der Waals surface area contributed by atoms with E-state index in [-0.39, 0.29) is 17.2 Å². The van der Waals surface area contributed by atoms with E-state index in [4.69, 9.17) is 5.11 Å². The molecule has 13 heteroatoms. The molecule has 1 aromatic carbocycles. The van der Waals surface area contributed by atoms with E-state index in [1.807, 2.05) is 0 Å². The fourth-order valence-electron chi connectivity index (χ4n) is 6.31. The number of nitrogens with zero attached hydrogens (tertiary/aromatic N) is 3. The van der Waals surface area contributed by atoms with Crippen LogP contribution in [0.3, 0.4) is 0 Å². The van der Waals surface area contributed by atoms with E-state index in [0.29, 0.717) is 22.4 Å². The molecule has 2 aliphatic carbocycles. The van der Waals surface area contributed by atoms with Crippen molar-refractivity contribution >= 4 is 44.7 Å². The number of hydrogen-bond acceptors (Lipinski definition) is 7. The second-order valence-corrected chi connectivity index (χ2v) is 13.4. The highest BCUT2D eigenvalue weighted by Crippen LogP contribution is 2.59. The lowest BCUT2D eigenvalue weighted by molar-refractivity contribution is -0.154. The molecule has 0 bridgehead atoms. The zero-order valence-electron chi connectivity index (χ0n) is 22.0. The maximum Gasteiger partial charge on any atom is 0.258 e. The largest absolute Gasteiger partial charge is 0.395 e. The molecule has 2 spiro atoms. The number of nitrogens with one attached hydrogen (secondary N) is 2. The number of anilines is 4. The molecule has 2 amide bonds. The smallest absolute Gasteiger partial charge is 0.258 e. The van der Waals surface area contributed by atoms with Gasteiger partial charge in [0.1, 0.15) is 11.2 Å². The molecule has 10 nitrogen and oxygen atoms in total. The molecule has 40 heavy (non-hydrogen) atoms. The Morgan fingerprint density at radius 1 is 1.07 bits per heavy atom. The maximum atomic E-state index is 13.9. The van der Waals surface area contributed by atoms with Crippen molar-refractivity contribution in [2.24, 2.45) is 5.41 Å². The van der Waals surface area contributed by atoms with Gasteiger partial charge in [-0.05, 0) is 61.4 Å². The highest BCUT2D eigenvalue weighted by Gasteiger charge is 2.67. The van der Waals surface area contributed by atoms with Crippen molar-refractivity contribution in [2.45, 2.75) is 49.9 Å². The van der Waals surface area contributed by atoms with Crippen molar-refractivity contribution in [1.82, 2.24) is 4.98 Å². The van der Waals surface area contributed by atoms with Crippen LogP contribution < -0.4 is 19.8 Å². The van der Waals surface area contributed by atoms with E-state index in [0.717, 1.165) is 25.9 Å². The minimum atomic E-state index is -3.77. The summed E-state index contributed by atoms with van der Waals surface area (Å²) in [6.07, 6.45) is 3.13. The molecule has 2 aromatic rings. The number of alkyl halides is 2. The Labute approximate surface area is 230 Å². The van der Waals surface area contributed by atoms with Crippen molar-refractivity contribution in [3.8, 4) is 0 Å². The number of aromatic nitrogens is 1. The first-order valence-electron chi connectivity index (χ1n) is 13.4. The maximum absolute atomic E-state index is 13.9. The Hall–Kier alpha value is -3.32. The quantitative estimate of drug-likeness (QED) is 0.462. The van der Waals surface area contributed by atoms with E-state index in [9.17, 15) is 26.8 Å². The van der Waals surface area contributed by atoms with Gasteiger partial charge in [-0.1, -0.05) is 0 Å². The number of sulfonamides is 1. The van der Waals surface area contributed by atoms with Gasteiger partial charge in [0.2, 0.25) is 15.9 Å². The first kappa shape index (κ1) is 26.9. The SMILES string of the molecule is CN1C(=O)C2(CC(F)(F)C2)c2nc(NC(=O)c3ccc(NS(=O)(=O)CCO)cc3N3CCC4(CC3)CC4)ccc21. The summed E-state index contributed by atoms with van der Waals surface area (Å²) in [5, 5.41) is 11.8. The van der Waals surface area contributed by atoms with Gasteiger partial charge >= 0.3 is 0 Å². The Bertz CT molecular complexity index is 1490. The van der Waals surface area contributed by atoms with Crippen LogP contribution in [-0.4, -0.2) is 68.7 Å². The van der Waals surface area contributed by atoms with Gasteiger partial charge < -0.3 is 20.2 Å². The number of carbonyl (C=O) groups excluding carboxylic acids is 2. The number of aliphatic hydroxyl groups excluding tert-OH is 1. The van der Waals surface area contributed by atoms with Crippen molar-refractivity contribution in [2.75, 3.05) is 52.3 Å². The summed E-state index contributed by atoms with van der Waals surface area (Å²) in [7, 11) is -2.24. The van der Waals surface area contributed by atoms with Crippen LogP contribution in [0.1, 0.15) is 54.6 Å². The van der Waals surface area contributed by atoms with Gasteiger partial charge in [0.05, 0.1) is 40.7 Å². The molecule has 3 N–H and O–H groups in total. The van der Waals surface area contributed by atoms with E-state index < -0.39 is 58.4 Å². The number of likely N-dealkylation sites (N-methyl/N-ethyl adjacent to an activating group) is 1. The molecule has 0 unspecified atom stereocenters. The predicted molar refractivity (Wildman–Crippen MR) is 146 cm³/mol. The van der Waals surface area contributed by atoms with Gasteiger partial charge in [0, 0.05) is 33.0 Å². The van der Waals surface area contributed by atoms with Crippen LogP contribution in [0.25, 0.3) is 0 Å². The van der Waals surface area contributed by atoms with Gasteiger partial charge in [-0.2, -0.15) is 0 Å². The Kier molecular flexibility index (Phi) is 6.11. The highest BCUT2D eigenvalue weighted by atomic mass is 32.2. The molecule has 1 aromatic heterocycles. The number of benzene rings is 1. The lowest BCUT2D eigenvalue weighted by Crippen LogP contribution is -2.55. The molecule has 3 fully saturated rings. The van der Waals surface area contributed by atoms with Crippen LogP contribution in [0, 0.1) is 5.41 Å². The average Bonchev–Trinajstić information content (AvgIpc) is 3.60. The molecule has 4 aliphatic rings. The normalized spacial score (nSPS) is 21.8. The summed E-state index contributed by atoms with van der Waals surface area (Å²) >= 11 is 0. The molecule has 6 rings (SSSR count). The Morgan fingerprint density at radius 2 is 1.77 bits per heavy atom. The van der Waals surface area contributed by atoms with Gasteiger partial charge in [-0.25, -0.2) is 22.2 Å². The van der Waals surface area contributed by atoms with Gasteiger partial charge in [0.15, 0.2) is 0 Å². The average molecular weight is 576 g/mol. The van der Waals surface area contributed by atoms with Crippen LogP contribution >= 0.6 is 0 Å². The zero-order chi connectivity index (χ0) is 28.5. The number of pyridine rings is 1. The minimum absolute atomic E-state index is 0.135. The molecule has 1 saturated heterocycles. The number of fused-ring (bicyclic) bond motifs is 2. The first-order chi connectivity index (χ1) is 18.9. The highest BCUT2D eigenvalue weighted by molar-refractivity contribution is 7.92. The summed E-state index contributed by atoms with van der Waals surface area (Å²) in [4.78, 5) is 34.3. The standard InChI is InChI=1S/C27H31F2N5O5S/c1-33-19-4-5-21(30-22(19)26(24(33)37)15-27(28,29)16-26)31-23(36)18-3-2-17(32-40(38,39)13-12-35)14-20(18)34-10-8-25(6-7-25)9-11-34/h2-5,14,32,35H,6-13,15-16H2,1H3,(H,30,31,36). The van der Waals surface area contributed by atoms with Crippen LogP contribution in [0.15, 0.2) is 30.3 Å². The van der Waals surface area contributed by atoms with Crippen molar-refractivity contribution in [1.29, 1.82) is 0 Å². The number of rotatable bonds is 7. The third kappa shape index (κ3) is 4.58. The number of hydrogen-bond donors (Lipinski definition) is 3. The Balaban J connectivity index is 1.29. The number of amides is 2. The van der Waals surface area contributed by atoms with Crippen LogP contribution in [-0.2, 0) is 20.2 Å². The van der Waals surface area contributed by atoms with E-state index in [1.165, 1.54) is 43.0 Å².